The quantitative estimate of drug-likeness (QED) is 0.634. The number of nitrogens with zero attached hydrogens (tertiary/aromatic N) is 2. The summed E-state index contributed by atoms with van der Waals surface area (Å²) < 4.78 is 10.9. The monoisotopic (exact) mass is 378 g/mol. The van der Waals surface area contributed by atoms with Gasteiger partial charge in [0.15, 0.2) is 0 Å². The van der Waals surface area contributed by atoms with E-state index in [2.05, 4.69) is 34.9 Å². The molecule has 0 saturated carbocycles. The van der Waals surface area contributed by atoms with Gasteiger partial charge in [-0.25, -0.2) is 4.79 Å². The van der Waals surface area contributed by atoms with Gasteiger partial charge in [0.2, 0.25) is 0 Å². The fraction of sp³-hybridized carbons (Fsp3) is 0.348. The standard InChI is InChI=1S/C23H26N2O3/c1-3-17-8-9-19-18(15-23(26)28-22(19)14-17)16-24-10-12-25(13-11-24)20-6-4-5-7-21(20)27-2/h4-9,14-15H,3,10-13,16H2,1-2H3. The van der Waals surface area contributed by atoms with Crippen molar-refractivity contribution in [3.63, 3.8) is 0 Å². The lowest BCUT2D eigenvalue weighted by molar-refractivity contribution is 0.249. The molecule has 0 atom stereocenters. The second kappa shape index (κ2) is 8.07. The van der Waals surface area contributed by atoms with Crippen LogP contribution in [-0.2, 0) is 13.0 Å². The van der Waals surface area contributed by atoms with Gasteiger partial charge in [-0.2, -0.15) is 0 Å². The van der Waals surface area contributed by atoms with E-state index in [-0.39, 0.29) is 5.63 Å². The summed E-state index contributed by atoms with van der Waals surface area (Å²) in [6.07, 6.45) is 0.925. The van der Waals surface area contributed by atoms with Gasteiger partial charge in [0, 0.05) is 44.2 Å². The summed E-state index contributed by atoms with van der Waals surface area (Å²) in [5, 5.41) is 1.03. The molecule has 0 radical (unpaired) electrons. The van der Waals surface area contributed by atoms with Crippen LogP contribution in [0.1, 0.15) is 18.1 Å². The Morgan fingerprint density at radius 1 is 1.04 bits per heavy atom. The van der Waals surface area contributed by atoms with Crippen LogP contribution in [0.3, 0.4) is 0 Å². The molecule has 1 saturated heterocycles. The van der Waals surface area contributed by atoms with Crippen molar-refractivity contribution in [3.05, 3.63) is 70.1 Å². The number of methoxy groups -OCH3 is 1. The van der Waals surface area contributed by atoms with E-state index >= 15 is 0 Å². The lowest BCUT2D eigenvalue weighted by Crippen LogP contribution is -2.46. The zero-order valence-electron chi connectivity index (χ0n) is 16.5. The highest BCUT2D eigenvalue weighted by Gasteiger charge is 2.20. The molecule has 0 bridgehead atoms. The molecule has 0 unspecified atom stereocenters. The van der Waals surface area contributed by atoms with Crippen LogP contribution in [0.2, 0.25) is 0 Å². The van der Waals surface area contributed by atoms with E-state index in [0.29, 0.717) is 5.58 Å². The van der Waals surface area contributed by atoms with Crippen LogP contribution in [0.15, 0.2) is 57.7 Å². The number of hydrogen-bond donors (Lipinski definition) is 0. The first-order valence-electron chi connectivity index (χ1n) is 9.84. The molecule has 146 valence electrons. The SMILES string of the molecule is CCc1ccc2c(CN3CCN(c4ccccc4OC)CC3)cc(=O)oc2c1. The minimum atomic E-state index is -0.275. The molecule has 0 aliphatic carbocycles. The van der Waals surface area contributed by atoms with Gasteiger partial charge in [-0.05, 0) is 35.7 Å². The molecule has 1 aromatic heterocycles. The predicted molar refractivity (Wildman–Crippen MR) is 112 cm³/mol. The molecular weight excluding hydrogens is 352 g/mol. The Balaban J connectivity index is 1.50. The van der Waals surface area contributed by atoms with E-state index in [4.69, 9.17) is 9.15 Å². The Kier molecular flexibility index (Phi) is 5.35. The maximum absolute atomic E-state index is 12.0. The summed E-state index contributed by atoms with van der Waals surface area (Å²) in [5.41, 5.74) is 3.78. The van der Waals surface area contributed by atoms with Crippen molar-refractivity contribution in [2.24, 2.45) is 0 Å². The zero-order valence-corrected chi connectivity index (χ0v) is 16.5. The average molecular weight is 378 g/mol. The van der Waals surface area contributed by atoms with E-state index < -0.39 is 0 Å². The Labute approximate surface area is 165 Å². The van der Waals surface area contributed by atoms with Gasteiger partial charge >= 0.3 is 5.63 Å². The lowest BCUT2D eigenvalue weighted by Gasteiger charge is -2.36. The molecule has 0 spiro atoms. The summed E-state index contributed by atoms with van der Waals surface area (Å²) in [6.45, 7) is 6.59. The van der Waals surface area contributed by atoms with Gasteiger partial charge in [-0.1, -0.05) is 31.2 Å². The lowest BCUT2D eigenvalue weighted by atomic mass is 10.1. The second-order valence-electron chi connectivity index (χ2n) is 7.21. The number of hydrogen-bond acceptors (Lipinski definition) is 5. The zero-order chi connectivity index (χ0) is 19.5. The molecule has 1 aliphatic heterocycles. The molecule has 1 fully saturated rings. The van der Waals surface area contributed by atoms with E-state index in [1.165, 1.54) is 5.56 Å². The summed E-state index contributed by atoms with van der Waals surface area (Å²) in [5.74, 6) is 0.911. The van der Waals surface area contributed by atoms with Crippen LogP contribution < -0.4 is 15.3 Å². The molecule has 28 heavy (non-hydrogen) atoms. The van der Waals surface area contributed by atoms with E-state index in [0.717, 1.165) is 61.5 Å². The highest BCUT2D eigenvalue weighted by molar-refractivity contribution is 5.80. The van der Waals surface area contributed by atoms with Gasteiger partial charge in [0.25, 0.3) is 0 Å². The topological polar surface area (TPSA) is 45.9 Å². The smallest absolute Gasteiger partial charge is 0.336 e. The molecule has 2 aromatic carbocycles. The van der Waals surface area contributed by atoms with Crippen molar-refractivity contribution < 1.29 is 9.15 Å². The summed E-state index contributed by atoms with van der Waals surface area (Å²) >= 11 is 0. The minimum absolute atomic E-state index is 0.275. The van der Waals surface area contributed by atoms with Crippen molar-refractivity contribution in [1.29, 1.82) is 0 Å². The third-order valence-electron chi connectivity index (χ3n) is 5.49. The molecule has 0 amide bonds. The Morgan fingerprint density at radius 2 is 1.82 bits per heavy atom. The highest BCUT2D eigenvalue weighted by Crippen LogP contribution is 2.29. The maximum atomic E-state index is 12.0. The maximum Gasteiger partial charge on any atom is 0.336 e. The van der Waals surface area contributed by atoms with Crippen molar-refractivity contribution in [2.75, 3.05) is 38.2 Å². The fourth-order valence-electron chi connectivity index (χ4n) is 3.90. The van der Waals surface area contributed by atoms with Gasteiger partial charge < -0.3 is 14.1 Å². The number of anilines is 1. The molecule has 3 aromatic rings. The number of fused-ring (bicyclic) bond motifs is 1. The Morgan fingerprint density at radius 3 is 2.57 bits per heavy atom. The largest absolute Gasteiger partial charge is 0.495 e. The number of aryl methyl sites for hydroxylation is 1. The molecule has 4 rings (SSSR count). The van der Waals surface area contributed by atoms with Crippen molar-refractivity contribution in [3.8, 4) is 5.75 Å². The Bertz CT molecular complexity index is 1020. The van der Waals surface area contributed by atoms with E-state index in [9.17, 15) is 4.79 Å². The normalized spacial score (nSPS) is 15.1. The molecule has 0 N–H and O–H groups in total. The van der Waals surface area contributed by atoms with Crippen molar-refractivity contribution >= 4 is 16.7 Å². The number of piperazine rings is 1. The van der Waals surface area contributed by atoms with Crippen LogP contribution in [0.5, 0.6) is 5.75 Å². The number of rotatable bonds is 5. The third kappa shape index (κ3) is 3.76. The summed E-state index contributed by atoms with van der Waals surface area (Å²) in [4.78, 5) is 16.8. The number of benzene rings is 2. The minimum Gasteiger partial charge on any atom is -0.495 e. The first-order valence-corrected chi connectivity index (χ1v) is 9.84. The number of ether oxygens (including phenoxy) is 1. The summed E-state index contributed by atoms with van der Waals surface area (Å²) in [7, 11) is 1.71. The van der Waals surface area contributed by atoms with Gasteiger partial charge in [-0.15, -0.1) is 0 Å². The van der Waals surface area contributed by atoms with Crippen LogP contribution in [0.4, 0.5) is 5.69 Å². The fourth-order valence-corrected chi connectivity index (χ4v) is 3.90. The van der Waals surface area contributed by atoms with E-state index in [1.807, 2.05) is 24.3 Å². The Hall–Kier alpha value is -2.79. The summed E-state index contributed by atoms with van der Waals surface area (Å²) in [6, 6.07) is 16.0. The van der Waals surface area contributed by atoms with Gasteiger partial charge in [-0.3, -0.25) is 4.90 Å². The average Bonchev–Trinajstić information content (AvgIpc) is 2.73. The van der Waals surface area contributed by atoms with Gasteiger partial charge in [0.05, 0.1) is 12.8 Å². The van der Waals surface area contributed by atoms with Crippen LogP contribution in [0.25, 0.3) is 11.0 Å². The van der Waals surface area contributed by atoms with E-state index in [1.54, 1.807) is 13.2 Å². The first-order chi connectivity index (χ1) is 13.7. The molecule has 5 heteroatoms. The second-order valence-corrected chi connectivity index (χ2v) is 7.21. The van der Waals surface area contributed by atoms with Crippen molar-refractivity contribution in [1.82, 2.24) is 4.90 Å². The molecule has 2 heterocycles. The van der Waals surface area contributed by atoms with Gasteiger partial charge in [0.1, 0.15) is 11.3 Å². The predicted octanol–water partition coefficient (Wildman–Crippen LogP) is 3.69. The molecule has 1 aliphatic rings. The van der Waals surface area contributed by atoms with Crippen molar-refractivity contribution in [2.45, 2.75) is 19.9 Å². The molecular formula is C23H26N2O3. The first kappa shape index (κ1) is 18.6. The molecule has 5 nitrogen and oxygen atoms in total. The number of para-hydroxylation sites is 2. The third-order valence-corrected chi connectivity index (χ3v) is 5.49. The van der Waals surface area contributed by atoms with Crippen LogP contribution in [-0.4, -0.2) is 38.2 Å². The van der Waals surface area contributed by atoms with Crippen LogP contribution >= 0.6 is 0 Å². The van der Waals surface area contributed by atoms with Crippen LogP contribution in [0, 0.1) is 0 Å². The highest BCUT2D eigenvalue weighted by atomic mass is 16.5.